The van der Waals surface area contributed by atoms with Crippen LogP contribution in [0.1, 0.15) is 60.8 Å². The summed E-state index contributed by atoms with van der Waals surface area (Å²) >= 11 is 0. The summed E-state index contributed by atoms with van der Waals surface area (Å²) in [5.74, 6) is -0.717. The predicted octanol–water partition coefficient (Wildman–Crippen LogP) is 1.66. The van der Waals surface area contributed by atoms with E-state index in [0.29, 0.717) is 12.8 Å². The first kappa shape index (κ1) is 24.1. The summed E-state index contributed by atoms with van der Waals surface area (Å²) in [6.45, 7) is 8.29. The molecule has 0 atom stereocenters. The SMILES string of the molecule is CC(=O)C(C)=O.CC(=O)CC(C)=O.CC(=O)CCC(C)=O. The predicted molar refractivity (Wildman–Crippen MR) is 77.9 cm³/mol. The maximum Gasteiger partial charge on any atom is 0.195 e. The molecule has 0 aliphatic rings. The molecule has 0 aromatic carbocycles. The lowest BCUT2D eigenvalue weighted by Crippen LogP contribution is -2.01. The Kier molecular flexibility index (Phi) is 16.5. The molecule has 0 bridgehead atoms. The van der Waals surface area contributed by atoms with Crippen molar-refractivity contribution in [1.29, 1.82) is 0 Å². The van der Waals surface area contributed by atoms with Gasteiger partial charge in [-0.25, -0.2) is 0 Å². The molecule has 6 nitrogen and oxygen atoms in total. The van der Waals surface area contributed by atoms with Gasteiger partial charge in [0.05, 0.1) is 6.42 Å². The standard InChI is InChI=1S/C6H10O2.C5H8O2.C4H6O2/c1-5(7)3-4-6(2)8;1-4(6)3-5(2)7;1-3(5)4(2)6/h3-4H2,1-2H3;3H2,1-2H3;1-2H3. The molecule has 0 rings (SSSR count). The Morgan fingerprint density at radius 3 is 0.762 bits per heavy atom. The second kappa shape index (κ2) is 14.4. The molecule has 0 spiro atoms. The van der Waals surface area contributed by atoms with Crippen molar-refractivity contribution in [1.82, 2.24) is 0 Å². The van der Waals surface area contributed by atoms with E-state index in [2.05, 4.69) is 0 Å². The zero-order valence-electron chi connectivity index (χ0n) is 13.6. The van der Waals surface area contributed by atoms with Gasteiger partial charge in [-0.2, -0.15) is 0 Å². The van der Waals surface area contributed by atoms with Crippen molar-refractivity contribution < 1.29 is 28.8 Å². The fourth-order valence-electron chi connectivity index (χ4n) is 0.703. The minimum atomic E-state index is -0.380. The van der Waals surface area contributed by atoms with Crippen molar-refractivity contribution in [2.75, 3.05) is 0 Å². The van der Waals surface area contributed by atoms with Gasteiger partial charge in [-0.05, 0) is 27.7 Å². The first-order chi connectivity index (χ1) is 9.39. The molecule has 0 radical (unpaired) electrons. The number of Topliss-reactive ketones (excluding diaryl/α,β-unsaturated/α-hetero) is 6. The summed E-state index contributed by atoms with van der Waals surface area (Å²) in [5, 5.41) is 0. The molecule has 21 heavy (non-hydrogen) atoms. The van der Waals surface area contributed by atoms with Gasteiger partial charge in [0.15, 0.2) is 11.6 Å². The summed E-state index contributed by atoms with van der Waals surface area (Å²) in [6, 6.07) is 0. The molecular weight excluding hydrogens is 276 g/mol. The molecule has 6 heteroatoms. The molecule has 0 aliphatic carbocycles. The summed E-state index contributed by atoms with van der Waals surface area (Å²) < 4.78 is 0. The highest BCUT2D eigenvalue weighted by Crippen LogP contribution is 1.89. The molecule has 0 aliphatic heterocycles. The Morgan fingerprint density at radius 2 is 0.714 bits per heavy atom. The number of rotatable bonds is 6. The van der Waals surface area contributed by atoms with Gasteiger partial charge in [-0.3, -0.25) is 19.2 Å². The van der Waals surface area contributed by atoms with Crippen LogP contribution in [-0.2, 0) is 28.8 Å². The van der Waals surface area contributed by atoms with E-state index in [1.807, 2.05) is 0 Å². The molecule has 0 aromatic rings. The molecule has 0 fully saturated rings. The van der Waals surface area contributed by atoms with Crippen LogP contribution in [0.3, 0.4) is 0 Å². The van der Waals surface area contributed by atoms with Crippen molar-refractivity contribution in [3.8, 4) is 0 Å². The van der Waals surface area contributed by atoms with Crippen LogP contribution in [0, 0.1) is 0 Å². The van der Waals surface area contributed by atoms with E-state index in [-0.39, 0.29) is 41.1 Å². The smallest absolute Gasteiger partial charge is 0.195 e. The number of hydrogen-bond acceptors (Lipinski definition) is 6. The van der Waals surface area contributed by atoms with E-state index in [9.17, 15) is 28.8 Å². The van der Waals surface area contributed by atoms with Crippen LogP contribution in [0.25, 0.3) is 0 Å². The number of carbonyl (C=O) groups excluding carboxylic acids is 6. The Bertz CT molecular complexity index is 368. The highest BCUT2D eigenvalue weighted by atomic mass is 16.2. The highest BCUT2D eigenvalue weighted by Gasteiger charge is 1.95. The second-order valence-corrected chi connectivity index (χ2v) is 4.60. The zero-order chi connectivity index (χ0) is 17.6. The molecule has 0 saturated carbocycles. The summed E-state index contributed by atoms with van der Waals surface area (Å²) in [4.78, 5) is 60.0. The molecule has 0 aromatic heterocycles. The third-order valence-electron chi connectivity index (χ3n) is 1.82. The molecule has 0 N–H and O–H groups in total. The van der Waals surface area contributed by atoms with E-state index < -0.39 is 0 Å². The van der Waals surface area contributed by atoms with Crippen LogP contribution in [-0.4, -0.2) is 34.7 Å². The fraction of sp³-hybridized carbons (Fsp3) is 0.600. The largest absolute Gasteiger partial charge is 0.300 e. The van der Waals surface area contributed by atoms with Crippen LogP contribution in [0.15, 0.2) is 0 Å². The maximum absolute atomic E-state index is 10.2. The van der Waals surface area contributed by atoms with Gasteiger partial charge in [0.1, 0.15) is 23.1 Å². The highest BCUT2D eigenvalue weighted by molar-refractivity contribution is 6.35. The first-order valence-electron chi connectivity index (χ1n) is 6.39. The fourth-order valence-corrected chi connectivity index (χ4v) is 0.703. The average molecular weight is 300 g/mol. The summed E-state index contributed by atoms with van der Waals surface area (Å²) in [7, 11) is 0. The van der Waals surface area contributed by atoms with Crippen LogP contribution in [0.5, 0.6) is 0 Å². The molecule has 120 valence electrons. The number of ketones is 6. The van der Waals surface area contributed by atoms with E-state index in [1.165, 1.54) is 41.5 Å². The third-order valence-corrected chi connectivity index (χ3v) is 1.82. The normalized spacial score (nSPS) is 8.29. The molecule has 0 saturated heterocycles. The van der Waals surface area contributed by atoms with Crippen molar-refractivity contribution in [3.05, 3.63) is 0 Å². The van der Waals surface area contributed by atoms with Gasteiger partial charge < -0.3 is 9.59 Å². The Balaban J connectivity index is -0.000000234. The van der Waals surface area contributed by atoms with Gasteiger partial charge >= 0.3 is 0 Å². The van der Waals surface area contributed by atoms with E-state index in [0.717, 1.165) is 0 Å². The Hall–Kier alpha value is -1.98. The monoisotopic (exact) mass is 300 g/mol. The third kappa shape index (κ3) is 38.1. The first-order valence-corrected chi connectivity index (χ1v) is 6.39. The lowest BCUT2D eigenvalue weighted by atomic mass is 10.2. The zero-order valence-corrected chi connectivity index (χ0v) is 13.6. The minimum Gasteiger partial charge on any atom is -0.300 e. The maximum atomic E-state index is 10.2. The van der Waals surface area contributed by atoms with Crippen LogP contribution >= 0.6 is 0 Å². The van der Waals surface area contributed by atoms with Gasteiger partial charge in [0.2, 0.25) is 0 Å². The number of carbonyl (C=O) groups is 6. The van der Waals surface area contributed by atoms with Crippen LogP contribution in [0.2, 0.25) is 0 Å². The molecule has 0 unspecified atom stereocenters. The van der Waals surface area contributed by atoms with Crippen molar-refractivity contribution in [3.63, 3.8) is 0 Å². The van der Waals surface area contributed by atoms with Gasteiger partial charge in [-0.15, -0.1) is 0 Å². The van der Waals surface area contributed by atoms with Gasteiger partial charge in [-0.1, -0.05) is 0 Å². The van der Waals surface area contributed by atoms with Crippen molar-refractivity contribution in [2.24, 2.45) is 0 Å². The van der Waals surface area contributed by atoms with Gasteiger partial charge in [0, 0.05) is 26.7 Å². The van der Waals surface area contributed by atoms with E-state index in [1.54, 1.807) is 0 Å². The Morgan fingerprint density at radius 1 is 0.476 bits per heavy atom. The average Bonchev–Trinajstić information content (AvgIpc) is 2.25. The summed E-state index contributed by atoms with van der Waals surface area (Å²) in [5.41, 5.74) is 0. The molecular formula is C15H24O6. The van der Waals surface area contributed by atoms with E-state index >= 15 is 0 Å². The lowest BCUT2D eigenvalue weighted by molar-refractivity contribution is -0.134. The molecule has 0 heterocycles. The van der Waals surface area contributed by atoms with Crippen molar-refractivity contribution in [2.45, 2.75) is 60.8 Å². The molecule has 0 amide bonds. The van der Waals surface area contributed by atoms with Crippen LogP contribution < -0.4 is 0 Å². The topological polar surface area (TPSA) is 102 Å². The minimum absolute atomic E-state index is 0.0625. The van der Waals surface area contributed by atoms with Crippen LogP contribution in [0.4, 0.5) is 0 Å². The van der Waals surface area contributed by atoms with E-state index in [4.69, 9.17) is 0 Å². The van der Waals surface area contributed by atoms with Crippen molar-refractivity contribution >= 4 is 34.7 Å². The summed E-state index contributed by atoms with van der Waals surface area (Å²) in [6.07, 6.45) is 0.880. The number of hydrogen-bond donors (Lipinski definition) is 0. The quantitative estimate of drug-likeness (QED) is 0.546. The Labute approximate surface area is 125 Å². The lowest BCUT2D eigenvalue weighted by Gasteiger charge is -1.86. The second-order valence-electron chi connectivity index (χ2n) is 4.60. The van der Waals surface area contributed by atoms with Gasteiger partial charge in [0.25, 0.3) is 0 Å².